The van der Waals surface area contributed by atoms with Crippen LogP contribution in [0.4, 0.5) is 34.1 Å². The molecule has 4 aromatic heterocycles. The Morgan fingerprint density at radius 1 is 0.352 bits per heavy atom. The maximum Gasteiger partial charge on any atom is 0.247 e. The van der Waals surface area contributed by atoms with Crippen molar-refractivity contribution >= 4 is 67.4 Å². The van der Waals surface area contributed by atoms with E-state index in [9.17, 15) is 0 Å². The van der Waals surface area contributed by atoms with Gasteiger partial charge in [-0.15, -0.1) is 0 Å². The third-order valence-electron chi connectivity index (χ3n) is 9.43. The maximum atomic E-state index is 5.95. The van der Waals surface area contributed by atoms with Crippen molar-refractivity contribution in [2.75, 3.05) is 9.80 Å². The second-order valence-electron chi connectivity index (χ2n) is 12.8. The molecule has 0 radical (unpaired) electrons. The van der Waals surface area contributed by atoms with Gasteiger partial charge in [-0.25, -0.2) is 19.9 Å². The van der Waals surface area contributed by atoms with E-state index in [1.807, 2.05) is 60.7 Å². The average molecular weight is 699 g/mol. The predicted molar refractivity (Wildman–Crippen MR) is 215 cm³/mol. The second-order valence-corrected chi connectivity index (χ2v) is 12.8. The van der Waals surface area contributed by atoms with Gasteiger partial charge in [0, 0.05) is 57.6 Å². The molecule has 0 spiro atoms. The highest BCUT2D eigenvalue weighted by Crippen LogP contribution is 2.40. The Hall–Kier alpha value is -7.58. The van der Waals surface area contributed by atoms with Gasteiger partial charge in [-0.3, -0.25) is 0 Å². The lowest BCUT2D eigenvalue weighted by molar-refractivity contribution is 0.607. The molecule has 8 heteroatoms. The number of pyridine rings is 2. The van der Waals surface area contributed by atoms with Gasteiger partial charge in [0.1, 0.15) is 11.0 Å². The molecule has 10 aromatic rings. The zero-order valence-electron chi connectivity index (χ0n) is 28.8. The molecule has 0 fully saturated rings. The smallest absolute Gasteiger partial charge is 0.247 e. The molecule has 0 bridgehead atoms. The Kier molecular flexibility index (Phi) is 7.62. The average Bonchev–Trinajstić information content (AvgIpc) is 3.88. The Morgan fingerprint density at radius 2 is 0.759 bits per heavy atom. The van der Waals surface area contributed by atoms with E-state index >= 15 is 0 Å². The van der Waals surface area contributed by atoms with E-state index < -0.39 is 0 Å². The first-order valence-electron chi connectivity index (χ1n) is 17.6. The van der Waals surface area contributed by atoms with Crippen LogP contribution in [0.2, 0.25) is 0 Å². The normalized spacial score (nSPS) is 11.3. The fraction of sp³-hybridized carbons (Fsp3) is 0. The number of oxazole rings is 2. The molecule has 0 saturated heterocycles. The first-order valence-corrected chi connectivity index (χ1v) is 17.6. The summed E-state index contributed by atoms with van der Waals surface area (Å²) in [7, 11) is 0. The highest BCUT2D eigenvalue weighted by molar-refractivity contribution is 5.93. The van der Waals surface area contributed by atoms with Crippen LogP contribution in [0, 0.1) is 0 Å². The molecule has 256 valence electrons. The van der Waals surface area contributed by atoms with Crippen molar-refractivity contribution in [3.05, 3.63) is 182 Å². The monoisotopic (exact) mass is 698 g/mol. The van der Waals surface area contributed by atoms with E-state index in [4.69, 9.17) is 8.83 Å². The van der Waals surface area contributed by atoms with Gasteiger partial charge in [-0.1, -0.05) is 48.5 Å². The lowest BCUT2D eigenvalue weighted by atomic mass is 10.1. The summed E-state index contributed by atoms with van der Waals surface area (Å²) in [4.78, 5) is 22.4. The number of rotatable bonds is 8. The molecule has 0 aliphatic carbocycles. The minimum Gasteiger partial charge on any atom is -0.418 e. The van der Waals surface area contributed by atoms with Gasteiger partial charge >= 0.3 is 0 Å². The highest BCUT2D eigenvalue weighted by atomic mass is 16.4. The van der Waals surface area contributed by atoms with Crippen LogP contribution in [-0.2, 0) is 0 Å². The van der Waals surface area contributed by atoms with E-state index in [1.165, 1.54) is 0 Å². The Balaban J connectivity index is 1.03. The number of fused-ring (bicyclic) bond motifs is 3. The third-order valence-corrected chi connectivity index (χ3v) is 9.43. The molecule has 0 aliphatic heterocycles. The standard InChI is InChI=1S/C46H30N6O2/c1-3-9-35(10-4-1)51(37-21-17-32(18-22-37)43-49-41-13-7-27-47-45(41)53-43)39-25-15-31-16-26-40(30-34(31)29-39)52(36-11-5-2-6-12-36)38-23-19-33(20-24-38)44-50-42-14-8-28-48-46(42)54-44/h1-30H. The molecule has 0 saturated carbocycles. The SMILES string of the molecule is c1ccc(N(c2ccc(-c3nc4cccnc4o3)cc2)c2ccc3ccc(N(c4ccccc4)c4ccc(-c5nc6cccnc6o5)cc4)cc3c2)cc1. The quantitative estimate of drug-likeness (QED) is 0.155. The van der Waals surface area contributed by atoms with Crippen LogP contribution in [0.3, 0.4) is 0 Å². The summed E-state index contributed by atoms with van der Waals surface area (Å²) in [6, 6.07) is 58.1. The van der Waals surface area contributed by atoms with Crippen molar-refractivity contribution in [3.63, 3.8) is 0 Å². The predicted octanol–water partition coefficient (Wildman–Crippen LogP) is 12.2. The van der Waals surface area contributed by atoms with E-state index in [2.05, 4.69) is 139 Å². The lowest BCUT2D eigenvalue weighted by Crippen LogP contribution is -2.10. The highest BCUT2D eigenvalue weighted by Gasteiger charge is 2.18. The van der Waals surface area contributed by atoms with Crippen LogP contribution >= 0.6 is 0 Å². The lowest BCUT2D eigenvalue weighted by Gasteiger charge is -2.27. The van der Waals surface area contributed by atoms with Crippen LogP contribution in [0.5, 0.6) is 0 Å². The van der Waals surface area contributed by atoms with Crippen LogP contribution in [-0.4, -0.2) is 19.9 Å². The van der Waals surface area contributed by atoms with Crippen molar-refractivity contribution in [2.24, 2.45) is 0 Å². The van der Waals surface area contributed by atoms with Crippen molar-refractivity contribution in [3.8, 4) is 22.9 Å². The van der Waals surface area contributed by atoms with E-state index in [1.54, 1.807) is 12.4 Å². The number of benzene rings is 6. The summed E-state index contributed by atoms with van der Waals surface area (Å²) < 4.78 is 11.9. The number of nitrogens with zero attached hydrogens (tertiary/aromatic N) is 6. The summed E-state index contributed by atoms with van der Waals surface area (Å²) in [5.74, 6) is 1.08. The van der Waals surface area contributed by atoms with Crippen molar-refractivity contribution in [1.82, 2.24) is 19.9 Å². The number of aromatic nitrogens is 4. The van der Waals surface area contributed by atoms with E-state index in [-0.39, 0.29) is 0 Å². The Labute approximate surface area is 310 Å². The number of hydrogen-bond acceptors (Lipinski definition) is 8. The van der Waals surface area contributed by atoms with Crippen molar-refractivity contribution in [2.45, 2.75) is 0 Å². The second kappa shape index (κ2) is 13.2. The van der Waals surface area contributed by atoms with Gasteiger partial charge < -0.3 is 18.6 Å². The Bertz CT molecular complexity index is 2630. The number of hydrogen-bond donors (Lipinski definition) is 0. The number of anilines is 6. The van der Waals surface area contributed by atoms with Crippen LogP contribution in [0.15, 0.2) is 191 Å². The molecular weight excluding hydrogens is 669 g/mol. The largest absolute Gasteiger partial charge is 0.418 e. The van der Waals surface area contributed by atoms with Gasteiger partial charge in [-0.2, -0.15) is 0 Å². The molecule has 4 heterocycles. The molecular formula is C46H30N6O2. The number of para-hydroxylation sites is 2. The molecule has 6 aromatic carbocycles. The van der Waals surface area contributed by atoms with Gasteiger partial charge in [0.15, 0.2) is 0 Å². The first kappa shape index (κ1) is 31.2. The Morgan fingerprint density at radius 3 is 1.19 bits per heavy atom. The summed E-state index contributed by atoms with van der Waals surface area (Å²) in [5.41, 5.74) is 10.5. The zero-order chi connectivity index (χ0) is 35.8. The van der Waals surface area contributed by atoms with Gasteiger partial charge in [0.05, 0.1) is 0 Å². The molecule has 0 aliphatic rings. The first-order chi connectivity index (χ1) is 26.7. The summed E-state index contributed by atoms with van der Waals surface area (Å²) in [6.07, 6.45) is 3.42. The van der Waals surface area contributed by atoms with Gasteiger partial charge in [0.25, 0.3) is 0 Å². The maximum absolute atomic E-state index is 5.95. The van der Waals surface area contributed by atoms with Gasteiger partial charge in [0.2, 0.25) is 23.2 Å². The van der Waals surface area contributed by atoms with E-state index in [0.29, 0.717) is 23.2 Å². The molecule has 0 unspecified atom stereocenters. The molecule has 8 nitrogen and oxygen atoms in total. The minimum absolute atomic E-state index is 0.526. The summed E-state index contributed by atoms with van der Waals surface area (Å²) in [5, 5.41) is 2.25. The molecule has 0 amide bonds. The van der Waals surface area contributed by atoms with Crippen LogP contribution in [0.25, 0.3) is 56.1 Å². The molecule has 0 N–H and O–H groups in total. The van der Waals surface area contributed by atoms with Gasteiger partial charge in [-0.05, 0) is 132 Å². The summed E-state index contributed by atoms with van der Waals surface area (Å²) >= 11 is 0. The molecule has 0 atom stereocenters. The molecule has 54 heavy (non-hydrogen) atoms. The van der Waals surface area contributed by atoms with Crippen LogP contribution in [0.1, 0.15) is 0 Å². The topological polar surface area (TPSA) is 84.3 Å². The summed E-state index contributed by atoms with van der Waals surface area (Å²) in [6.45, 7) is 0. The van der Waals surface area contributed by atoms with E-state index in [0.717, 1.165) is 67.1 Å². The van der Waals surface area contributed by atoms with Crippen molar-refractivity contribution < 1.29 is 8.83 Å². The van der Waals surface area contributed by atoms with Crippen LogP contribution < -0.4 is 9.80 Å². The minimum atomic E-state index is 0.526. The van der Waals surface area contributed by atoms with Crippen molar-refractivity contribution in [1.29, 1.82) is 0 Å². The molecule has 10 rings (SSSR count). The zero-order valence-corrected chi connectivity index (χ0v) is 28.8. The fourth-order valence-electron chi connectivity index (χ4n) is 6.84. The third kappa shape index (κ3) is 5.78. The fourth-order valence-corrected chi connectivity index (χ4v) is 6.84.